The maximum Gasteiger partial charge on any atom is 0.407 e. The number of rotatable bonds is 12. The van der Waals surface area contributed by atoms with Gasteiger partial charge in [-0.2, -0.15) is 5.26 Å². The first-order valence-electron chi connectivity index (χ1n) is 15.0. The Morgan fingerprint density at radius 2 is 1.81 bits per heavy atom. The van der Waals surface area contributed by atoms with Gasteiger partial charge in [-0.05, 0) is 87.5 Å². The minimum Gasteiger partial charge on any atom is -0.467 e. The molecule has 2 aromatic carbocycles. The summed E-state index contributed by atoms with van der Waals surface area (Å²) in [6.45, 7) is 9.68. The fraction of sp³-hybridized carbons (Fsp3) is 0.286. The minimum absolute atomic E-state index is 0.0170. The van der Waals surface area contributed by atoms with Crippen LogP contribution in [0.3, 0.4) is 0 Å². The highest BCUT2D eigenvalue weighted by Crippen LogP contribution is 2.37. The van der Waals surface area contributed by atoms with E-state index in [-0.39, 0.29) is 37.0 Å². The van der Waals surface area contributed by atoms with Crippen molar-refractivity contribution < 1.29 is 28.6 Å². The molecule has 3 N–H and O–H groups in total. The lowest BCUT2D eigenvalue weighted by molar-refractivity contribution is -0.116. The van der Waals surface area contributed by atoms with Crippen LogP contribution < -0.4 is 20.7 Å². The summed E-state index contributed by atoms with van der Waals surface area (Å²) < 4.78 is 16.6. The van der Waals surface area contributed by atoms with E-state index in [0.717, 1.165) is 5.56 Å². The number of carbonyl (C=O) groups excluding carboxylic acids is 3. The van der Waals surface area contributed by atoms with Crippen LogP contribution in [0.1, 0.15) is 54.9 Å². The number of nitrogens with one attached hydrogen (secondary N) is 3. The molecule has 4 aromatic rings. The quantitative estimate of drug-likeness (QED) is 0.108. The molecule has 0 fully saturated rings. The Morgan fingerprint density at radius 1 is 1.00 bits per heavy atom. The standard InChI is InChI=1S/C35H37N5O6S/c1-6-44-21-45-29-17-22(2)12-13-25(29)28-19-26(27(20-36)32(39-28)40-33(42)30-11-8-16-47-30)23-9-7-10-24(18-23)38-31(41)14-15-37-34(43)46-35(3,4)5/h7-13,16-19H,6,14-15,21H2,1-5H3,(H,37,43)(H,38,41)(H,39,40,42). The third-order valence-electron chi connectivity index (χ3n) is 6.50. The number of aryl methyl sites for hydroxylation is 1. The average molecular weight is 656 g/mol. The molecule has 0 aliphatic carbocycles. The molecule has 0 bridgehead atoms. The number of nitrogens with zero attached hydrogens (tertiary/aromatic N) is 2. The van der Waals surface area contributed by atoms with Gasteiger partial charge in [-0.1, -0.05) is 24.3 Å². The molecule has 4 rings (SSSR count). The number of hydrogen-bond acceptors (Lipinski definition) is 9. The molecule has 0 radical (unpaired) electrons. The summed E-state index contributed by atoms with van der Waals surface area (Å²) in [6, 6.07) is 20.1. The predicted molar refractivity (Wildman–Crippen MR) is 181 cm³/mol. The first-order valence-corrected chi connectivity index (χ1v) is 15.8. The number of carbonyl (C=O) groups is 3. The van der Waals surface area contributed by atoms with Gasteiger partial charge in [0.2, 0.25) is 5.91 Å². The fourth-order valence-corrected chi connectivity index (χ4v) is 5.04. The molecule has 2 aromatic heterocycles. The Labute approximate surface area is 277 Å². The van der Waals surface area contributed by atoms with Crippen LogP contribution in [-0.2, 0) is 14.3 Å². The summed E-state index contributed by atoms with van der Waals surface area (Å²) in [4.78, 5) is 42.9. The molecule has 0 aliphatic rings. The maximum atomic E-state index is 13.1. The van der Waals surface area contributed by atoms with E-state index < -0.39 is 17.6 Å². The van der Waals surface area contributed by atoms with Gasteiger partial charge in [0.1, 0.15) is 23.0 Å². The number of ether oxygens (including phenoxy) is 3. The van der Waals surface area contributed by atoms with Crippen molar-refractivity contribution in [3.05, 3.63) is 82.0 Å². The lowest BCUT2D eigenvalue weighted by atomic mass is 9.97. The predicted octanol–water partition coefficient (Wildman–Crippen LogP) is 7.14. The number of amides is 3. The molecule has 12 heteroatoms. The van der Waals surface area contributed by atoms with E-state index >= 15 is 0 Å². The summed E-state index contributed by atoms with van der Waals surface area (Å²) >= 11 is 1.27. The molecule has 2 heterocycles. The zero-order valence-electron chi connectivity index (χ0n) is 26.9. The monoisotopic (exact) mass is 655 g/mol. The number of pyridine rings is 1. The summed E-state index contributed by atoms with van der Waals surface area (Å²) in [6.07, 6.45) is -0.588. The number of hydrogen-bond donors (Lipinski definition) is 3. The molecular formula is C35H37N5O6S. The van der Waals surface area contributed by atoms with Gasteiger partial charge in [0.15, 0.2) is 12.6 Å². The molecule has 244 valence electrons. The lowest BCUT2D eigenvalue weighted by Crippen LogP contribution is -2.34. The van der Waals surface area contributed by atoms with Gasteiger partial charge in [-0.25, -0.2) is 9.78 Å². The van der Waals surface area contributed by atoms with Gasteiger partial charge in [0.25, 0.3) is 5.91 Å². The zero-order chi connectivity index (χ0) is 34.0. The van der Waals surface area contributed by atoms with Gasteiger partial charge in [0.05, 0.1) is 10.6 Å². The largest absolute Gasteiger partial charge is 0.467 e. The van der Waals surface area contributed by atoms with Crippen molar-refractivity contribution in [2.45, 2.75) is 46.6 Å². The molecule has 0 aliphatic heterocycles. The van der Waals surface area contributed by atoms with Crippen LogP contribution >= 0.6 is 11.3 Å². The number of anilines is 2. The van der Waals surface area contributed by atoms with E-state index in [1.54, 1.807) is 68.6 Å². The highest BCUT2D eigenvalue weighted by Gasteiger charge is 2.21. The Bertz CT molecular complexity index is 1780. The van der Waals surface area contributed by atoms with E-state index in [2.05, 4.69) is 22.0 Å². The highest BCUT2D eigenvalue weighted by molar-refractivity contribution is 7.12. The first kappa shape index (κ1) is 34.6. The van der Waals surface area contributed by atoms with E-state index in [9.17, 15) is 19.6 Å². The molecule has 0 saturated carbocycles. The van der Waals surface area contributed by atoms with Crippen LogP contribution in [0.2, 0.25) is 0 Å². The van der Waals surface area contributed by atoms with Crippen molar-refractivity contribution in [2.24, 2.45) is 0 Å². The molecule has 0 saturated heterocycles. The van der Waals surface area contributed by atoms with Crippen LogP contribution in [0.25, 0.3) is 22.4 Å². The van der Waals surface area contributed by atoms with Crippen molar-refractivity contribution in [2.75, 3.05) is 30.6 Å². The molecule has 11 nitrogen and oxygen atoms in total. The zero-order valence-corrected chi connectivity index (χ0v) is 27.7. The number of thiophene rings is 1. The second-order valence-electron chi connectivity index (χ2n) is 11.4. The first-order chi connectivity index (χ1) is 22.5. The topological polar surface area (TPSA) is 152 Å². The van der Waals surface area contributed by atoms with Crippen molar-refractivity contribution >= 4 is 40.7 Å². The van der Waals surface area contributed by atoms with Gasteiger partial charge < -0.3 is 30.2 Å². The molecular weight excluding hydrogens is 618 g/mol. The summed E-state index contributed by atoms with van der Waals surface area (Å²) in [5.41, 5.74) is 3.11. The van der Waals surface area contributed by atoms with Crippen molar-refractivity contribution in [3.8, 4) is 34.2 Å². The summed E-state index contributed by atoms with van der Waals surface area (Å²) in [7, 11) is 0. The van der Waals surface area contributed by atoms with Gasteiger partial charge in [-0.3, -0.25) is 9.59 Å². The summed E-state index contributed by atoms with van der Waals surface area (Å²) in [5.74, 6) is -0.117. The third-order valence-corrected chi connectivity index (χ3v) is 7.37. The molecule has 0 unspecified atom stereocenters. The Kier molecular flexibility index (Phi) is 11.7. The maximum absolute atomic E-state index is 13.1. The SMILES string of the molecule is CCOCOc1cc(C)ccc1-c1cc(-c2cccc(NC(=O)CCNC(=O)OC(C)(C)C)c2)c(C#N)c(NC(=O)c2cccs2)n1. The van der Waals surface area contributed by atoms with Gasteiger partial charge in [-0.15, -0.1) is 11.3 Å². The lowest BCUT2D eigenvalue weighted by Gasteiger charge is -2.19. The van der Waals surface area contributed by atoms with Crippen LogP contribution in [-0.4, -0.2) is 48.4 Å². The summed E-state index contributed by atoms with van der Waals surface area (Å²) in [5, 5.41) is 20.3. The van der Waals surface area contributed by atoms with Crippen molar-refractivity contribution in [1.82, 2.24) is 10.3 Å². The molecule has 47 heavy (non-hydrogen) atoms. The number of benzene rings is 2. The van der Waals surface area contributed by atoms with Crippen molar-refractivity contribution in [1.29, 1.82) is 5.26 Å². The molecule has 0 spiro atoms. The van der Waals surface area contributed by atoms with E-state index in [1.807, 2.05) is 32.0 Å². The van der Waals surface area contributed by atoms with Gasteiger partial charge >= 0.3 is 6.09 Å². The highest BCUT2D eigenvalue weighted by atomic mass is 32.1. The second-order valence-corrected chi connectivity index (χ2v) is 12.3. The fourth-order valence-electron chi connectivity index (χ4n) is 4.42. The van der Waals surface area contributed by atoms with Crippen LogP contribution in [0.5, 0.6) is 5.75 Å². The number of aromatic nitrogens is 1. The average Bonchev–Trinajstić information content (AvgIpc) is 3.56. The van der Waals surface area contributed by atoms with E-state index in [1.165, 1.54) is 11.3 Å². The van der Waals surface area contributed by atoms with Crippen molar-refractivity contribution in [3.63, 3.8) is 0 Å². The van der Waals surface area contributed by atoms with Crippen LogP contribution in [0.15, 0.2) is 66.0 Å². The van der Waals surface area contributed by atoms with Crippen LogP contribution in [0.4, 0.5) is 16.3 Å². The molecule has 0 atom stereocenters. The number of alkyl carbamates (subject to hydrolysis) is 1. The normalized spacial score (nSPS) is 10.9. The number of nitriles is 1. The van der Waals surface area contributed by atoms with E-state index in [4.69, 9.17) is 19.2 Å². The third kappa shape index (κ3) is 9.87. The van der Waals surface area contributed by atoms with Gasteiger partial charge in [0, 0.05) is 36.4 Å². The molecule has 3 amide bonds. The minimum atomic E-state index is -0.647. The second kappa shape index (κ2) is 15.8. The smallest absolute Gasteiger partial charge is 0.407 e. The Hall–Kier alpha value is -5.25. The Morgan fingerprint density at radius 3 is 2.51 bits per heavy atom. The van der Waals surface area contributed by atoms with E-state index in [0.29, 0.717) is 45.3 Å². The Balaban J connectivity index is 1.69. The van der Waals surface area contributed by atoms with Crippen LogP contribution in [0, 0.1) is 18.3 Å².